The molecule has 2 aromatic carbocycles. The highest BCUT2D eigenvalue weighted by molar-refractivity contribution is 7.89. The Kier molecular flexibility index (Phi) is 8.48. The van der Waals surface area contributed by atoms with Crippen molar-refractivity contribution in [2.24, 2.45) is 0 Å². The van der Waals surface area contributed by atoms with E-state index in [1.54, 1.807) is 40.7 Å². The molecule has 9 nitrogen and oxygen atoms in total. The van der Waals surface area contributed by atoms with Crippen molar-refractivity contribution in [3.63, 3.8) is 0 Å². The number of nitrogens with one attached hydrogen (secondary N) is 1. The Labute approximate surface area is 234 Å². The Hall–Kier alpha value is -2.64. The SMILES string of the molecule is O=C(CNc1nc(-c2ccc(S(=O)(=O)N3CCCCCC3)cc2)cs1)c1cccc(S(=O)(=O)N2CCCC2)c1. The van der Waals surface area contributed by atoms with E-state index in [9.17, 15) is 21.6 Å². The van der Waals surface area contributed by atoms with Gasteiger partial charge in [0.1, 0.15) is 0 Å². The van der Waals surface area contributed by atoms with Crippen molar-refractivity contribution < 1.29 is 21.6 Å². The molecule has 1 N–H and O–H groups in total. The average Bonchev–Trinajstić information content (AvgIpc) is 3.59. The number of aromatic nitrogens is 1. The third-order valence-corrected chi connectivity index (χ3v) is 11.7. The summed E-state index contributed by atoms with van der Waals surface area (Å²) in [5.41, 5.74) is 1.77. The monoisotopic (exact) mass is 588 g/mol. The van der Waals surface area contributed by atoms with Crippen molar-refractivity contribution in [2.75, 3.05) is 38.0 Å². The predicted octanol–water partition coefficient (Wildman–Crippen LogP) is 4.45. The number of rotatable bonds is 9. The number of hydrogen-bond donors (Lipinski definition) is 1. The molecular weight excluding hydrogens is 557 g/mol. The van der Waals surface area contributed by atoms with Gasteiger partial charge in [-0.3, -0.25) is 4.79 Å². The van der Waals surface area contributed by atoms with Crippen molar-refractivity contribution >= 4 is 42.3 Å². The molecule has 0 spiro atoms. The predicted molar refractivity (Wildman–Crippen MR) is 152 cm³/mol. The molecule has 39 heavy (non-hydrogen) atoms. The maximum Gasteiger partial charge on any atom is 0.243 e. The van der Waals surface area contributed by atoms with Crippen LogP contribution in [0, 0.1) is 0 Å². The summed E-state index contributed by atoms with van der Waals surface area (Å²) in [4.78, 5) is 17.8. The number of ketones is 1. The van der Waals surface area contributed by atoms with Crippen molar-refractivity contribution in [3.8, 4) is 11.3 Å². The summed E-state index contributed by atoms with van der Waals surface area (Å²) >= 11 is 1.34. The van der Waals surface area contributed by atoms with Crippen LogP contribution in [0.25, 0.3) is 11.3 Å². The van der Waals surface area contributed by atoms with E-state index in [4.69, 9.17) is 0 Å². The maximum absolute atomic E-state index is 13.0. The van der Waals surface area contributed by atoms with Gasteiger partial charge in [0.2, 0.25) is 20.0 Å². The fraction of sp³-hybridized carbons (Fsp3) is 0.407. The number of hydrogen-bond acceptors (Lipinski definition) is 8. The number of nitrogens with zero attached hydrogens (tertiary/aromatic N) is 3. The number of Topliss-reactive ketones (excluding diaryl/α,β-unsaturated/α-hetero) is 1. The molecule has 3 aromatic rings. The summed E-state index contributed by atoms with van der Waals surface area (Å²) in [6, 6.07) is 12.9. The van der Waals surface area contributed by atoms with Gasteiger partial charge in [-0.25, -0.2) is 21.8 Å². The molecule has 0 bridgehead atoms. The van der Waals surface area contributed by atoms with E-state index >= 15 is 0 Å². The maximum atomic E-state index is 13.0. The summed E-state index contributed by atoms with van der Waals surface area (Å²) in [5, 5.41) is 5.41. The third kappa shape index (κ3) is 6.25. The highest BCUT2D eigenvalue weighted by Gasteiger charge is 2.28. The van der Waals surface area contributed by atoms with Crippen LogP contribution in [0.4, 0.5) is 5.13 Å². The van der Waals surface area contributed by atoms with Crippen LogP contribution in [0.2, 0.25) is 0 Å². The Bertz CT molecular complexity index is 1520. The van der Waals surface area contributed by atoms with Crippen LogP contribution >= 0.6 is 11.3 Å². The fourth-order valence-corrected chi connectivity index (χ4v) is 8.68. The first-order chi connectivity index (χ1) is 18.7. The molecule has 5 rings (SSSR count). The molecule has 208 valence electrons. The summed E-state index contributed by atoms with van der Waals surface area (Å²) in [7, 11) is -7.12. The van der Waals surface area contributed by atoms with Gasteiger partial charge >= 0.3 is 0 Å². The van der Waals surface area contributed by atoms with Gasteiger partial charge in [0.05, 0.1) is 22.0 Å². The van der Waals surface area contributed by atoms with E-state index in [-0.39, 0.29) is 22.1 Å². The Balaban J connectivity index is 1.22. The summed E-state index contributed by atoms with van der Waals surface area (Å²) in [6.45, 7) is 2.09. The van der Waals surface area contributed by atoms with Crippen molar-refractivity contribution in [2.45, 2.75) is 48.3 Å². The number of anilines is 1. The van der Waals surface area contributed by atoms with Gasteiger partial charge in [-0.2, -0.15) is 8.61 Å². The second-order valence-electron chi connectivity index (χ2n) is 9.80. The van der Waals surface area contributed by atoms with Gasteiger partial charge in [0.15, 0.2) is 10.9 Å². The molecule has 0 radical (unpaired) electrons. The molecule has 2 fully saturated rings. The Morgan fingerprint density at radius 1 is 0.795 bits per heavy atom. The number of benzene rings is 2. The van der Waals surface area contributed by atoms with Crippen LogP contribution in [0.15, 0.2) is 63.7 Å². The van der Waals surface area contributed by atoms with Crippen LogP contribution in [0.1, 0.15) is 48.9 Å². The number of carbonyl (C=O) groups excluding carboxylic acids is 1. The third-order valence-electron chi connectivity index (χ3n) is 7.12. The van der Waals surface area contributed by atoms with E-state index in [1.165, 1.54) is 27.8 Å². The molecule has 2 aliphatic heterocycles. The minimum Gasteiger partial charge on any atom is -0.354 e. The molecule has 0 aliphatic carbocycles. The van der Waals surface area contributed by atoms with E-state index < -0.39 is 20.0 Å². The van der Waals surface area contributed by atoms with Gasteiger partial charge in [0, 0.05) is 42.7 Å². The van der Waals surface area contributed by atoms with Crippen molar-refractivity contribution in [1.82, 2.24) is 13.6 Å². The minimum absolute atomic E-state index is 0.0345. The van der Waals surface area contributed by atoms with Crippen LogP contribution in [0.3, 0.4) is 0 Å². The first-order valence-corrected chi connectivity index (χ1v) is 16.9. The number of thiazole rings is 1. The highest BCUT2D eigenvalue weighted by Crippen LogP contribution is 2.28. The first kappa shape index (κ1) is 27.9. The zero-order valence-electron chi connectivity index (χ0n) is 21.6. The molecule has 2 saturated heterocycles. The molecular formula is C27H32N4O5S3. The molecule has 3 heterocycles. The smallest absolute Gasteiger partial charge is 0.243 e. The zero-order valence-corrected chi connectivity index (χ0v) is 24.0. The van der Waals surface area contributed by atoms with Gasteiger partial charge in [-0.15, -0.1) is 11.3 Å². The second-order valence-corrected chi connectivity index (χ2v) is 14.5. The molecule has 0 amide bonds. The largest absolute Gasteiger partial charge is 0.354 e. The van der Waals surface area contributed by atoms with Crippen LogP contribution in [0.5, 0.6) is 0 Å². The topological polar surface area (TPSA) is 117 Å². The minimum atomic E-state index is -3.60. The molecule has 1 aromatic heterocycles. The molecule has 0 atom stereocenters. The van der Waals surface area contributed by atoms with Gasteiger partial charge in [0.25, 0.3) is 0 Å². The zero-order chi connectivity index (χ0) is 27.5. The summed E-state index contributed by atoms with van der Waals surface area (Å²) in [6.07, 6.45) is 5.58. The molecule has 12 heteroatoms. The van der Waals surface area contributed by atoms with Gasteiger partial charge in [-0.1, -0.05) is 37.1 Å². The molecule has 0 saturated carbocycles. The quantitative estimate of drug-likeness (QED) is 0.367. The Morgan fingerprint density at radius 2 is 1.38 bits per heavy atom. The Morgan fingerprint density at radius 3 is 2.03 bits per heavy atom. The van der Waals surface area contributed by atoms with Crippen molar-refractivity contribution in [3.05, 3.63) is 59.5 Å². The highest BCUT2D eigenvalue weighted by atomic mass is 32.2. The van der Waals surface area contributed by atoms with Gasteiger partial charge < -0.3 is 5.32 Å². The van der Waals surface area contributed by atoms with Crippen molar-refractivity contribution in [1.29, 1.82) is 0 Å². The number of sulfonamides is 2. The fourth-order valence-electron chi connectivity index (χ4n) is 4.88. The second kappa shape index (κ2) is 11.8. The van der Waals surface area contributed by atoms with Crippen LogP contribution in [-0.2, 0) is 20.0 Å². The first-order valence-electron chi connectivity index (χ1n) is 13.2. The van der Waals surface area contributed by atoms with Gasteiger partial charge in [-0.05, 0) is 49.9 Å². The van der Waals surface area contributed by atoms with Crippen LogP contribution < -0.4 is 5.32 Å². The van der Waals surface area contributed by atoms with E-state index in [2.05, 4.69) is 10.3 Å². The summed E-state index contributed by atoms with van der Waals surface area (Å²) < 4.78 is 54.8. The van der Waals surface area contributed by atoms with E-state index in [0.29, 0.717) is 42.6 Å². The molecule has 2 aliphatic rings. The lowest BCUT2D eigenvalue weighted by Crippen LogP contribution is -2.31. The molecule has 0 unspecified atom stereocenters. The summed E-state index contributed by atoms with van der Waals surface area (Å²) in [5.74, 6) is -0.242. The normalized spacial score (nSPS) is 17.6. The van der Waals surface area contributed by atoms with Crippen LogP contribution in [-0.4, -0.2) is 68.9 Å². The lowest BCUT2D eigenvalue weighted by atomic mass is 10.1. The number of carbonyl (C=O) groups is 1. The van der Waals surface area contributed by atoms with E-state index in [0.717, 1.165) is 44.1 Å². The standard InChI is InChI=1S/C27H32N4O5S3/c32-26(22-8-7-9-24(18-22)39(35,36)31-16-5-6-17-31)19-28-27-29-25(20-37-27)21-10-12-23(13-11-21)38(33,34)30-14-3-1-2-4-15-30/h7-13,18,20H,1-6,14-17,19H2,(H,28,29). The van der Waals surface area contributed by atoms with E-state index in [1.807, 2.05) is 5.38 Å². The lowest BCUT2D eigenvalue weighted by molar-refractivity contribution is 0.101. The lowest BCUT2D eigenvalue weighted by Gasteiger charge is -2.19. The average molecular weight is 589 g/mol.